The van der Waals surface area contributed by atoms with E-state index in [1.807, 2.05) is 30.3 Å². The van der Waals surface area contributed by atoms with Crippen LogP contribution in [0, 0.1) is 11.3 Å². The standard InChI is InChI=1S/C22H17ClN2O3S/c1-29(27,28)21-10-6-5-9-18(21)22(26)25-16-11-12-17(20(23)13-16)19(14-24)15-7-3-2-4-8-15/h2-13,19H,1H3,(H,25,26). The zero-order valence-corrected chi connectivity index (χ0v) is 17.0. The zero-order valence-electron chi connectivity index (χ0n) is 15.5. The molecule has 5 nitrogen and oxygen atoms in total. The van der Waals surface area contributed by atoms with Crippen LogP contribution in [0.4, 0.5) is 5.69 Å². The molecule has 0 aliphatic rings. The summed E-state index contributed by atoms with van der Waals surface area (Å²) in [5.74, 6) is -1.10. The summed E-state index contributed by atoms with van der Waals surface area (Å²) < 4.78 is 23.8. The smallest absolute Gasteiger partial charge is 0.256 e. The Morgan fingerprint density at radius 2 is 1.69 bits per heavy atom. The summed E-state index contributed by atoms with van der Waals surface area (Å²) in [5.41, 5.74) is 1.89. The predicted octanol–water partition coefficient (Wildman–Crippen LogP) is 4.65. The number of nitrogens with zero attached hydrogens (tertiary/aromatic N) is 1. The third-order valence-corrected chi connectivity index (χ3v) is 5.84. The quantitative estimate of drug-likeness (QED) is 0.645. The summed E-state index contributed by atoms with van der Waals surface area (Å²) in [6.45, 7) is 0. The molecular formula is C22H17ClN2O3S. The molecule has 0 aliphatic carbocycles. The van der Waals surface area contributed by atoms with Gasteiger partial charge in [-0.3, -0.25) is 4.79 Å². The van der Waals surface area contributed by atoms with Crippen LogP contribution in [0.3, 0.4) is 0 Å². The fourth-order valence-electron chi connectivity index (χ4n) is 2.98. The summed E-state index contributed by atoms with van der Waals surface area (Å²) in [4.78, 5) is 12.6. The van der Waals surface area contributed by atoms with Gasteiger partial charge in [0.05, 0.1) is 22.4 Å². The first-order valence-corrected chi connectivity index (χ1v) is 10.9. The van der Waals surface area contributed by atoms with Crippen molar-refractivity contribution in [3.8, 4) is 6.07 Å². The lowest BCUT2D eigenvalue weighted by Gasteiger charge is -2.14. The van der Waals surface area contributed by atoms with Gasteiger partial charge in [-0.2, -0.15) is 5.26 Å². The third kappa shape index (κ3) is 4.65. The Hall–Kier alpha value is -3.14. The number of rotatable bonds is 5. The average molecular weight is 425 g/mol. The van der Waals surface area contributed by atoms with Crippen molar-refractivity contribution in [3.05, 3.63) is 94.5 Å². The largest absolute Gasteiger partial charge is 0.322 e. The van der Waals surface area contributed by atoms with Crippen LogP contribution in [0.15, 0.2) is 77.7 Å². The van der Waals surface area contributed by atoms with Gasteiger partial charge in [0.2, 0.25) is 0 Å². The Morgan fingerprint density at radius 3 is 2.31 bits per heavy atom. The van der Waals surface area contributed by atoms with Crippen molar-refractivity contribution in [2.45, 2.75) is 10.8 Å². The first-order chi connectivity index (χ1) is 13.8. The molecule has 0 heterocycles. The number of carbonyl (C=O) groups excluding carboxylic acids is 1. The van der Waals surface area contributed by atoms with Crippen molar-refractivity contribution in [1.82, 2.24) is 0 Å². The predicted molar refractivity (Wildman–Crippen MR) is 113 cm³/mol. The Balaban J connectivity index is 1.89. The number of sulfone groups is 1. The number of hydrogen-bond donors (Lipinski definition) is 1. The van der Waals surface area contributed by atoms with E-state index in [4.69, 9.17) is 11.6 Å². The van der Waals surface area contributed by atoms with E-state index in [0.29, 0.717) is 16.3 Å². The lowest BCUT2D eigenvalue weighted by Crippen LogP contribution is -2.16. The van der Waals surface area contributed by atoms with Gasteiger partial charge in [0.15, 0.2) is 9.84 Å². The molecule has 0 radical (unpaired) electrons. The number of benzene rings is 3. The van der Waals surface area contributed by atoms with Gasteiger partial charge in [-0.15, -0.1) is 0 Å². The van der Waals surface area contributed by atoms with Gasteiger partial charge in [0, 0.05) is 17.0 Å². The number of carbonyl (C=O) groups is 1. The van der Waals surface area contributed by atoms with E-state index in [-0.39, 0.29) is 10.5 Å². The molecule has 3 aromatic carbocycles. The minimum Gasteiger partial charge on any atom is -0.322 e. The van der Waals surface area contributed by atoms with Crippen molar-refractivity contribution in [3.63, 3.8) is 0 Å². The van der Waals surface area contributed by atoms with Crippen LogP contribution in [0.2, 0.25) is 5.02 Å². The minimum atomic E-state index is -3.55. The topological polar surface area (TPSA) is 87.0 Å². The van der Waals surface area contributed by atoms with Gasteiger partial charge in [0.1, 0.15) is 0 Å². The summed E-state index contributed by atoms with van der Waals surface area (Å²) in [6.07, 6.45) is 1.05. The maximum atomic E-state index is 12.6. The molecule has 1 amide bonds. The minimum absolute atomic E-state index is 0.0474. The van der Waals surface area contributed by atoms with Crippen molar-refractivity contribution < 1.29 is 13.2 Å². The summed E-state index contributed by atoms with van der Waals surface area (Å²) in [7, 11) is -3.55. The van der Waals surface area contributed by atoms with Crippen LogP contribution in [0.1, 0.15) is 27.4 Å². The molecule has 1 N–H and O–H groups in total. The van der Waals surface area contributed by atoms with Crippen LogP contribution < -0.4 is 5.32 Å². The van der Waals surface area contributed by atoms with Crippen LogP contribution in [-0.4, -0.2) is 20.6 Å². The molecule has 7 heteroatoms. The maximum absolute atomic E-state index is 12.6. The van der Waals surface area contributed by atoms with Crippen molar-refractivity contribution in [1.29, 1.82) is 5.26 Å². The highest BCUT2D eigenvalue weighted by atomic mass is 35.5. The molecule has 0 aromatic heterocycles. The molecule has 0 bridgehead atoms. The van der Waals surface area contributed by atoms with E-state index in [1.54, 1.807) is 30.3 Å². The van der Waals surface area contributed by atoms with Gasteiger partial charge in [-0.05, 0) is 35.4 Å². The second-order valence-corrected chi connectivity index (χ2v) is 8.82. The SMILES string of the molecule is CS(=O)(=O)c1ccccc1C(=O)Nc1ccc(C(C#N)c2ccccc2)c(Cl)c1. The van der Waals surface area contributed by atoms with E-state index in [2.05, 4.69) is 11.4 Å². The van der Waals surface area contributed by atoms with Crippen molar-refractivity contribution >= 4 is 33.0 Å². The Bertz CT molecular complexity index is 1200. The summed E-state index contributed by atoms with van der Waals surface area (Å²) in [5, 5.41) is 12.6. The molecule has 0 spiro atoms. The zero-order chi connectivity index (χ0) is 21.0. The lowest BCUT2D eigenvalue weighted by atomic mass is 9.92. The molecule has 29 heavy (non-hydrogen) atoms. The van der Waals surface area contributed by atoms with E-state index in [9.17, 15) is 18.5 Å². The van der Waals surface area contributed by atoms with Crippen LogP contribution in [0.5, 0.6) is 0 Å². The number of nitriles is 1. The number of anilines is 1. The molecule has 1 unspecified atom stereocenters. The van der Waals surface area contributed by atoms with Gasteiger partial charge >= 0.3 is 0 Å². The maximum Gasteiger partial charge on any atom is 0.256 e. The van der Waals surface area contributed by atoms with Gasteiger partial charge in [-0.25, -0.2) is 8.42 Å². The Kier molecular flexibility index (Phi) is 6.02. The first kappa shape index (κ1) is 20.6. The second kappa shape index (κ2) is 8.48. The highest BCUT2D eigenvalue weighted by Gasteiger charge is 2.20. The molecule has 0 aliphatic heterocycles. The molecule has 0 fully saturated rings. The van der Waals surface area contributed by atoms with Crippen molar-refractivity contribution in [2.75, 3.05) is 11.6 Å². The number of hydrogen-bond acceptors (Lipinski definition) is 4. The molecule has 0 saturated heterocycles. The lowest BCUT2D eigenvalue weighted by molar-refractivity contribution is 0.102. The molecule has 3 rings (SSSR count). The number of amides is 1. The van der Waals surface area contributed by atoms with E-state index in [1.165, 1.54) is 12.1 Å². The molecule has 3 aromatic rings. The third-order valence-electron chi connectivity index (χ3n) is 4.36. The van der Waals surface area contributed by atoms with E-state index < -0.39 is 21.7 Å². The first-order valence-electron chi connectivity index (χ1n) is 8.65. The molecule has 1 atom stereocenters. The van der Waals surface area contributed by atoms with E-state index in [0.717, 1.165) is 11.8 Å². The monoisotopic (exact) mass is 424 g/mol. The fourth-order valence-corrected chi connectivity index (χ4v) is 4.16. The van der Waals surface area contributed by atoms with Gasteiger partial charge in [0.25, 0.3) is 5.91 Å². The van der Waals surface area contributed by atoms with Gasteiger partial charge in [-0.1, -0.05) is 60.1 Å². The Morgan fingerprint density at radius 1 is 1.03 bits per heavy atom. The average Bonchev–Trinajstić information content (AvgIpc) is 2.70. The molecule has 146 valence electrons. The Labute approximate surface area is 174 Å². The van der Waals surface area contributed by atoms with E-state index >= 15 is 0 Å². The normalized spacial score (nSPS) is 12.0. The number of halogens is 1. The molecule has 0 saturated carbocycles. The summed E-state index contributed by atoms with van der Waals surface area (Å²) >= 11 is 6.39. The van der Waals surface area contributed by atoms with Crippen LogP contribution in [0.25, 0.3) is 0 Å². The number of nitrogens with one attached hydrogen (secondary N) is 1. The highest BCUT2D eigenvalue weighted by molar-refractivity contribution is 7.90. The second-order valence-electron chi connectivity index (χ2n) is 6.43. The summed E-state index contributed by atoms with van der Waals surface area (Å²) in [6, 6.07) is 22.4. The van der Waals surface area contributed by atoms with Crippen molar-refractivity contribution in [2.24, 2.45) is 0 Å². The highest BCUT2D eigenvalue weighted by Crippen LogP contribution is 2.32. The molecular weight excluding hydrogens is 408 g/mol. The van der Waals surface area contributed by atoms with Crippen LogP contribution in [-0.2, 0) is 9.84 Å². The van der Waals surface area contributed by atoms with Crippen LogP contribution >= 0.6 is 11.6 Å². The fraction of sp³-hybridized carbons (Fsp3) is 0.0909. The van der Waals surface area contributed by atoms with Gasteiger partial charge < -0.3 is 5.32 Å².